The number of hydrogen-bond donors (Lipinski definition) is 0. The van der Waals surface area contributed by atoms with Crippen molar-refractivity contribution >= 4 is 12.6 Å². The largest absolute Gasteiger partial charge is 0.498 e. The summed E-state index contributed by atoms with van der Waals surface area (Å²) in [5.74, 6) is 0. The van der Waals surface area contributed by atoms with Crippen LogP contribution in [0.2, 0.25) is 0 Å². The second-order valence-electron chi connectivity index (χ2n) is 7.09. The van der Waals surface area contributed by atoms with Crippen LogP contribution in [0.3, 0.4) is 0 Å². The van der Waals surface area contributed by atoms with E-state index in [1.807, 2.05) is 33.9 Å². The topological polar surface area (TPSA) is 36.3 Å². The highest BCUT2D eigenvalue weighted by Gasteiger charge is 2.52. The second-order valence-corrected chi connectivity index (χ2v) is 7.09. The molecule has 0 N–H and O–H groups in total. The van der Waals surface area contributed by atoms with Crippen molar-refractivity contribution in [3.8, 4) is 0 Å². The van der Waals surface area contributed by atoms with Crippen LogP contribution in [0, 0.1) is 0 Å². The van der Waals surface area contributed by atoms with Gasteiger partial charge in [0.1, 0.15) is 5.67 Å². The summed E-state index contributed by atoms with van der Waals surface area (Å²) < 4.78 is 27.2. The van der Waals surface area contributed by atoms with Gasteiger partial charge in [-0.15, -0.1) is 0 Å². The molecule has 1 aliphatic rings. The van der Waals surface area contributed by atoms with Gasteiger partial charge < -0.3 is 9.31 Å². The lowest BCUT2D eigenvalue weighted by Gasteiger charge is -2.32. The van der Waals surface area contributed by atoms with Crippen LogP contribution in [0.5, 0.6) is 0 Å². The molecule has 1 fully saturated rings. The Hall–Kier alpha value is -0.875. The van der Waals surface area contributed by atoms with Crippen molar-refractivity contribution < 1.29 is 13.7 Å². The number of aromatic nitrogens is 2. The van der Waals surface area contributed by atoms with Crippen LogP contribution < -0.4 is 5.46 Å². The van der Waals surface area contributed by atoms with Crippen molar-refractivity contribution in [3.63, 3.8) is 0 Å². The number of aryl methyl sites for hydroxylation is 1. The molecule has 4 nitrogen and oxygen atoms in total. The zero-order valence-electron chi connectivity index (χ0n) is 13.2. The maximum atomic E-state index is 13.5. The van der Waals surface area contributed by atoms with Crippen LogP contribution in [0.4, 0.5) is 4.39 Å². The summed E-state index contributed by atoms with van der Waals surface area (Å²) in [7, 11) is -0.410. The summed E-state index contributed by atoms with van der Waals surface area (Å²) in [6.07, 6.45) is 4.03. The lowest BCUT2D eigenvalue weighted by atomic mass is 9.82. The summed E-state index contributed by atoms with van der Waals surface area (Å²) in [5.41, 5.74) is -1.03. The van der Waals surface area contributed by atoms with Gasteiger partial charge in [-0.05, 0) is 41.5 Å². The van der Waals surface area contributed by atoms with Gasteiger partial charge in [-0.2, -0.15) is 5.10 Å². The predicted molar refractivity (Wildman–Crippen MR) is 77.7 cm³/mol. The van der Waals surface area contributed by atoms with Crippen LogP contribution in [-0.4, -0.2) is 33.8 Å². The first-order valence-corrected chi connectivity index (χ1v) is 7.07. The zero-order chi connectivity index (χ0) is 15.2. The van der Waals surface area contributed by atoms with Gasteiger partial charge in [-0.3, -0.25) is 4.68 Å². The standard InChI is InChI=1S/C14H24BFN2O2/c1-12(2,16)7-8-18-10-11(9-17-18)15-19-13(3,4)14(5,6)20-15/h9-10H,7-8H2,1-6H3. The molecular weight excluding hydrogens is 258 g/mol. The Balaban J connectivity index is 2.04. The van der Waals surface area contributed by atoms with E-state index in [0.29, 0.717) is 13.0 Å². The smallest absolute Gasteiger partial charge is 0.399 e. The fourth-order valence-corrected chi connectivity index (χ4v) is 1.98. The Labute approximate surface area is 120 Å². The quantitative estimate of drug-likeness (QED) is 0.795. The van der Waals surface area contributed by atoms with Crippen LogP contribution in [0.15, 0.2) is 12.4 Å². The molecule has 1 aromatic rings. The van der Waals surface area contributed by atoms with Gasteiger partial charge in [0.25, 0.3) is 0 Å². The van der Waals surface area contributed by atoms with E-state index in [0.717, 1.165) is 5.46 Å². The van der Waals surface area contributed by atoms with Crippen LogP contribution in [-0.2, 0) is 15.9 Å². The van der Waals surface area contributed by atoms with Gasteiger partial charge in [-0.25, -0.2) is 4.39 Å². The predicted octanol–water partition coefficient (Wildman–Crippen LogP) is 2.32. The minimum atomic E-state index is -1.18. The monoisotopic (exact) mass is 282 g/mol. The Morgan fingerprint density at radius 1 is 1.25 bits per heavy atom. The Kier molecular flexibility index (Phi) is 3.76. The molecule has 2 heterocycles. The molecule has 112 valence electrons. The fourth-order valence-electron chi connectivity index (χ4n) is 1.98. The van der Waals surface area contributed by atoms with E-state index >= 15 is 0 Å². The lowest BCUT2D eigenvalue weighted by molar-refractivity contribution is 0.00578. The number of hydrogen-bond acceptors (Lipinski definition) is 3. The Morgan fingerprint density at radius 2 is 1.80 bits per heavy atom. The molecule has 1 aromatic heterocycles. The fraction of sp³-hybridized carbons (Fsp3) is 0.786. The zero-order valence-corrected chi connectivity index (χ0v) is 13.2. The third kappa shape index (κ3) is 3.23. The lowest BCUT2D eigenvalue weighted by Crippen LogP contribution is -2.41. The third-order valence-corrected chi connectivity index (χ3v) is 4.11. The summed E-state index contributed by atoms with van der Waals surface area (Å²) >= 11 is 0. The molecule has 0 aliphatic carbocycles. The number of nitrogens with zero attached hydrogens (tertiary/aromatic N) is 2. The number of rotatable bonds is 4. The molecule has 0 spiro atoms. The van der Waals surface area contributed by atoms with Crippen molar-refractivity contribution in [1.82, 2.24) is 9.78 Å². The summed E-state index contributed by atoms with van der Waals surface area (Å²) in [4.78, 5) is 0. The van der Waals surface area contributed by atoms with Crippen molar-refractivity contribution in [2.45, 2.75) is 71.4 Å². The van der Waals surface area contributed by atoms with Gasteiger partial charge >= 0.3 is 7.12 Å². The van der Waals surface area contributed by atoms with Gasteiger partial charge in [0.15, 0.2) is 0 Å². The molecule has 0 aromatic carbocycles. The Bertz CT molecular complexity index is 464. The van der Waals surface area contributed by atoms with E-state index in [1.165, 1.54) is 0 Å². The van der Waals surface area contributed by atoms with Crippen LogP contribution >= 0.6 is 0 Å². The normalized spacial score (nSPS) is 21.4. The van der Waals surface area contributed by atoms with Gasteiger partial charge in [0.2, 0.25) is 0 Å². The average molecular weight is 282 g/mol. The summed E-state index contributed by atoms with van der Waals surface area (Å²) in [6.45, 7) is 11.8. The molecule has 0 atom stereocenters. The van der Waals surface area contributed by atoms with Crippen molar-refractivity contribution in [3.05, 3.63) is 12.4 Å². The first kappa shape index (κ1) is 15.5. The van der Waals surface area contributed by atoms with E-state index in [9.17, 15) is 4.39 Å². The van der Waals surface area contributed by atoms with Crippen molar-refractivity contribution in [2.24, 2.45) is 0 Å². The molecule has 0 amide bonds. The average Bonchev–Trinajstić information content (AvgIpc) is 2.79. The molecule has 0 bridgehead atoms. The molecule has 2 rings (SSSR count). The molecule has 0 unspecified atom stereocenters. The van der Waals surface area contributed by atoms with Gasteiger partial charge in [0.05, 0.1) is 11.2 Å². The van der Waals surface area contributed by atoms with E-state index in [1.54, 1.807) is 24.7 Å². The molecule has 1 aliphatic heterocycles. The molecule has 0 radical (unpaired) electrons. The van der Waals surface area contributed by atoms with E-state index in [-0.39, 0.29) is 11.2 Å². The minimum Gasteiger partial charge on any atom is -0.399 e. The summed E-state index contributed by atoms with van der Waals surface area (Å²) in [5, 5.41) is 4.25. The van der Waals surface area contributed by atoms with Crippen molar-refractivity contribution in [1.29, 1.82) is 0 Å². The SMILES string of the molecule is CC(C)(F)CCn1cc(B2OC(C)(C)C(C)(C)O2)cn1. The van der Waals surface area contributed by atoms with E-state index in [4.69, 9.17) is 9.31 Å². The maximum Gasteiger partial charge on any atom is 0.498 e. The Morgan fingerprint density at radius 3 is 2.30 bits per heavy atom. The van der Waals surface area contributed by atoms with Crippen molar-refractivity contribution in [2.75, 3.05) is 0 Å². The molecular formula is C14H24BFN2O2. The molecule has 6 heteroatoms. The van der Waals surface area contributed by atoms with Crippen LogP contribution in [0.1, 0.15) is 48.0 Å². The summed E-state index contributed by atoms with van der Waals surface area (Å²) in [6, 6.07) is 0. The highest BCUT2D eigenvalue weighted by atomic mass is 19.1. The first-order valence-electron chi connectivity index (χ1n) is 7.07. The highest BCUT2D eigenvalue weighted by Crippen LogP contribution is 2.36. The second kappa shape index (κ2) is 4.84. The van der Waals surface area contributed by atoms with Gasteiger partial charge in [0, 0.05) is 30.8 Å². The first-order chi connectivity index (χ1) is 9.00. The highest BCUT2D eigenvalue weighted by molar-refractivity contribution is 6.61. The number of halogens is 1. The molecule has 0 saturated carbocycles. The van der Waals surface area contributed by atoms with E-state index in [2.05, 4.69) is 5.10 Å². The van der Waals surface area contributed by atoms with E-state index < -0.39 is 12.8 Å². The molecule has 1 saturated heterocycles. The maximum absolute atomic E-state index is 13.5. The third-order valence-electron chi connectivity index (χ3n) is 4.11. The number of alkyl halides is 1. The molecule has 20 heavy (non-hydrogen) atoms. The minimum absolute atomic E-state index is 0.360. The van der Waals surface area contributed by atoms with Crippen LogP contribution in [0.25, 0.3) is 0 Å². The van der Waals surface area contributed by atoms with Gasteiger partial charge in [-0.1, -0.05) is 0 Å².